The van der Waals surface area contributed by atoms with E-state index in [0.717, 1.165) is 16.5 Å². The van der Waals surface area contributed by atoms with E-state index in [1.807, 2.05) is 52.0 Å². The number of rotatable bonds is 17. The molecular formula is C29H46N6O5. The molecule has 5 atom stereocenters. The number of unbranched alkanes of at least 4 members (excludes halogenated alkanes) is 1. The molecule has 0 aliphatic heterocycles. The first-order valence-electron chi connectivity index (χ1n) is 14.1. The van der Waals surface area contributed by atoms with E-state index in [2.05, 4.69) is 20.9 Å². The first kappa shape index (κ1) is 32.8. The Labute approximate surface area is 236 Å². The molecule has 2 aromatic rings. The third-order valence-electron chi connectivity index (χ3n) is 7.15. The minimum Gasteiger partial charge on any atom is -0.480 e. The van der Waals surface area contributed by atoms with E-state index in [0.29, 0.717) is 32.2 Å². The first-order valence-corrected chi connectivity index (χ1v) is 14.1. The number of carboxylic acid groups (broad SMARTS) is 1. The standard InChI is InChI=1S/C29H46N6O5/c1-5-18(4)25(35-26(36)21(31)14-17(2)3)28(38)34-24(15-19-16-32-22-11-7-6-10-20(19)22)27(37)33-23(29(39)40)12-8-9-13-30/h6-7,10-11,16-18,21,23-25,32H,5,8-9,12-15,30-31H2,1-4H3,(H,33,37)(H,34,38)(H,35,36)(H,39,40). The number of carboxylic acids is 1. The molecule has 9 N–H and O–H groups in total. The Bertz CT molecular complexity index is 1130. The van der Waals surface area contributed by atoms with Crippen molar-refractivity contribution >= 4 is 34.6 Å². The summed E-state index contributed by atoms with van der Waals surface area (Å²) in [6.07, 6.45) is 4.32. The predicted octanol–water partition coefficient (Wildman–Crippen LogP) is 1.80. The van der Waals surface area contributed by atoms with Gasteiger partial charge in [-0.15, -0.1) is 0 Å². The van der Waals surface area contributed by atoms with Crippen molar-refractivity contribution in [1.82, 2.24) is 20.9 Å². The van der Waals surface area contributed by atoms with Crippen LogP contribution in [0.1, 0.15) is 65.4 Å². The topological polar surface area (TPSA) is 192 Å². The number of nitrogens with two attached hydrogens (primary N) is 2. The Hall–Kier alpha value is -3.44. The Balaban J connectivity index is 2.31. The van der Waals surface area contributed by atoms with Crippen LogP contribution in [0.15, 0.2) is 30.5 Å². The summed E-state index contributed by atoms with van der Waals surface area (Å²) in [5.41, 5.74) is 13.3. The molecule has 2 rings (SSSR count). The van der Waals surface area contributed by atoms with Crippen LogP contribution in [0.5, 0.6) is 0 Å². The van der Waals surface area contributed by atoms with Crippen LogP contribution >= 0.6 is 0 Å². The van der Waals surface area contributed by atoms with Gasteiger partial charge in [-0.2, -0.15) is 0 Å². The summed E-state index contributed by atoms with van der Waals surface area (Å²) < 4.78 is 0. The number of fused-ring (bicyclic) bond motifs is 1. The van der Waals surface area contributed by atoms with E-state index in [-0.39, 0.29) is 24.7 Å². The lowest BCUT2D eigenvalue weighted by Crippen LogP contribution is -2.59. The summed E-state index contributed by atoms with van der Waals surface area (Å²) in [7, 11) is 0. The van der Waals surface area contributed by atoms with Gasteiger partial charge in [-0.05, 0) is 55.7 Å². The van der Waals surface area contributed by atoms with Gasteiger partial charge in [0.1, 0.15) is 18.1 Å². The smallest absolute Gasteiger partial charge is 0.326 e. The highest BCUT2D eigenvalue weighted by Crippen LogP contribution is 2.20. The molecule has 1 heterocycles. The number of hydrogen-bond donors (Lipinski definition) is 7. The highest BCUT2D eigenvalue weighted by Gasteiger charge is 2.33. The molecule has 0 saturated carbocycles. The highest BCUT2D eigenvalue weighted by atomic mass is 16.4. The Morgan fingerprint density at radius 3 is 2.25 bits per heavy atom. The zero-order valence-electron chi connectivity index (χ0n) is 24.0. The largest absolute Gasteiger partial charge is 0.480 e. The van der Waals surface area contributed by atoms with E-state index in [1.54, 1.807) is 6.20 Å². The SMILES string of the molecule is CCC(C)C(NC(=O)C(N)CC(C)C)C(=O)NC(Cc1c[nH]c2ccccc12)C(=O)NC(CCCCN)C(=O)O. The number of hydrogen-bond acceptors (Lipinski definition) is 6. The monoisotopic (exact) mass is 558 g/mol. The average molecular weight is 559 g/mol. The van der Waals surface area contributed by atoms with Crippen LogP contribution < -0.4 is 27.4 Å². The quantitative estimate of drug-likeness (QED) is 0.144. The predicted molar refractivity (Wildman–Crippen MR) is 155 cm³/mol. The number of aliphatic carboxylic acids is 1. The summed E-state index contributed by atoms with van der Waals surface area (Å²) in [5, 5.41) is 18.7. The fraction of sp³-hybridized carbons (Fsp3) is 0.586. The molecule has 5 unspecified atom stereocenters. The molecule has 0 bridgehead atoms. The molecule has 0 aliphatic carbocycles. The molecule has 1 aromatic heterocycles. The minimum atomic E-state index is -1.16. The van der Waals surface area contributed by atoms with E-state index in [1.165, 1.54) is 0 Å². The summed E-state index contributed by atoms with van der Waals surface area (Å²) in [5.74, 6) is -2.79. The van der Waals surface area contributed by atoms with Crippen molar-refractivity contribution in [2.75, 3.05) is 6.54 Å². The zero-order valence-corrected chi connectivity index (χ0v) is 24.0. The van der Waals surface area contributed by atoms with E-state index in [4.69, 9.17) is 11.5 Å². The van der Waals surface area contributed by atoms with Gasteiger partial charge < -0.3 is 37.5 Å². The fourth-order valence-corrected chi connectivity index (χ4v) is 4.59. The van der Waals surface area contributed by atoms with Crippen molar-refractivity contribution in [3.8, 4) is 0 Å². The van der Waals surface area contributed by atoms with Gasteiger partial charge >= 0.3 is 5.97 Å². The molecule has 0 radical (unpaired) electrons. The molecule has 11 nitrogen and oxygen atoms in total. The first-order chi connectivity index (χ1) is 19.0. The second kappa shape index (κ2) is 16.0. The molecule has 1 aromatic carbocycles. The van der Waals surface area contributed by atoms with Crippen LogP contribution in [0.4, 0.5) is 0 Å². The fourth-order valence-electron chi connectivity index (χ4n) is 4.59. The van der Waals surface area contributed by atoms with Crippen LogP contribution in [0.2, 0.25) is 0 Å². The Kier molecular flexibility index (Phi) is 13.1. The molecule has 3 amide bonds. The maximum atomic E-state index is 13.6. The van der Waals surface area contributed by atoms with Crippen LogP contribution in [-0.4, -0.2) is 64.5 Å². The second-order valence-electron chi connectivity index (χ2n) is 10.9. The third kappa shape index (κ3) is 9.63. The van der Waals surface area contributed by atoms with Crippen molar-refractivity contribution in [2.45, 2.75) is 90.4 Å². The van der Waals surface area contributed by atoms with Gasteiger partial charge in [-0.1, -0.05) is 52.3 Å². The zero-order chi connectivity index (χ0) is 29.8. The molecule has 222 valence electrons. The van der Waals surface area contributed by atoms with E-state index < -0.39 is 47.9 Å². The number of carbonyl (C=O) groups is 4. The number of benzene rings is 1. The molecule has 0 spiro atoms. The molecular weight excluding hydrogens is 512 g/mol. The second-order valence-corrected chi connectivity index (χ2v) is 10.9. The number of aromatic nitrogens is 1. The van der Waals surface area contributed by atoms with Gasteiger partial charge in [0, 0.05) is 23.5 Å². The Morgan fingerprint density at radius 1 is 0.950 bits per heavy atom. The maximum absolute atomic E-state index is 13.6. The minimum absolute atomic E-state index is 0.116. The van der Waals surface area contributed by atoms with Crippen LogP contribution in [0.25, 0.3) is 10.9 Å². The summed E-state index contributed by atoms with van der Waals surface area (Å²) in [6.45, 7) is 8.08. The molecule has 11 heteroatoms. The van der Waals surface area contributed by atoms with E-state index in [9.17, 15) is 24.3 Å². The maximum Gasteiger partial charge on any atom is 0.326 e. The van der Waals surface area contributed by atoms with Crippen LogP contribution in [-0.2, 0) is 25.6 Å². The number of nitrogens with one attached hydrogen (secondary N) is 4. The third-order valence-corrected chi connectivity index (χ3v) is 7.15. The summed E-state index contributed by atoms with van der Waals surface area (Å²) in [6, 6.07) is 3.67. The van der Waals surface area contributed by atoms with Crippen molar-refractivity contribution in [2.24, 2.45) is 23.3 Å². The molecule has 0 aliphatic rings. The average Bonchev–Trinajstić information content (AvgIpc) is 3.32. The number of para-hydroxylation sites is 1. The van der Waals surface area contributed by atoms with Crippen molar-refractivity contribution < 1.29 is 24.3 Å². The van der Waals surface area contributed by atoms with Gasteiger partial charge in [-0.3, -0.25) is 14.4 Å². The number of H-pyrrole nitrogens is 1. The van der Waals surface area contributed by atoms with Gasteiger partial charge in [0.15, 0.2) is 0 Å². The van der Waals surface area contributed by atoms with Crippen molar-refractivity contribution in [1.29, 1.82) is 0 Å². The number of amides is 3. The lowest BCUT2D eigenvalue weighted by Gasteiger charge is -2.28. The molecule has 0 saturated heterocycles. The van der Waals surface area contributed by atoms with Gasteiger partial charge in [0.05, 0.1) is 6.04 Å². The van der Waals surface area contributed by atoms with Gasteiger partial charge in [0.25, 0.3) is 0 Å². The molecule has 0 fully saturated rings. The summed E-state index contributed by atoms with van der Waals surface area (Å²) >= 11 is 0. The molecule has 40 heavy (non-hydrogen) atoms. The van der Waals surface area contributed by atoms with Gasteiger partial charge in [-0.25, -0.2) is 4.79 Å². The van der Waals surface area contributed by atoms with Crippen LogP contribution in [0, 0.1) is 11.8 Å². The Morgan fingerprint density at radius 2 is 1.62 bits per heavy atom. The number of aromatic amines is 1. The van der Waals surface area contributed by atoms with Gasteiger partial charge in [0.2, 0.25) is 17.7 Å². The lowest BCUT2D eigenvalue weighted by atomic mass is 9.96. The number of carbonyl (C=O) groups excluding carboxylic acids is 3. The van der Waals surface area contributed by atoms with Crippen molar-refractivity contribution in [3.63, 3.8) is 0 Å². The highest BCUT2D eigenvalue weighted by molar-refractivity contribution is 5.95. The lowest BCUT2D eigenvalue weighted by molar-refractivity contribution is -0.142. The summed E-state index contributed by atoms with van der Waals surface area (Å²) in [4.78, 5) is 54.9. The normalized spacial score (nSPS) is 15.2. The van der Waals surface area contributed by atoms with E-state index >= 15 is 0 Å². The van der Waals surface area contributed by atoms with Crippen molar-refractivity contribution in [3.05, 3.63) is 36.0 Å². The van der Waals surface area contributed by atoms with Crippen LogP contribution in [0.3, 0.4) is 0 Å².